The van der Waals surface area contributed by atoms with Crippen molar-refractivity contribution >= 4 is 23.0 Å². The Bertz CT molecular complexity index is 1240. The van der Waals surface area contributed by atoms with Gasteiger partial charge in [-0.25, -0.2) is 14.5 Å². The maximum atomic E-state index is 11.3. The van der Waals surface area contributed by atoms with E-state index in [4.69, 9.17) is 4.74 Å². The van der Waals surface area contributed by atoms with Crippen molar-refractivity contribution in [3.8, 4) is 5.95 Å². The first-order valence-corrected chi connectivity index (χ1v) is 10.9. The molecule has 0 amide bonds. The number of aliphatic hydroxyl groups is 3. The number of nitrogens with one attached hydrogen (secondary N) is 1. The lowest BCUT2D eigenvalue weighted by Crippen LogP contribution is -2.33. The third kappa shape index (κ3) is 3.92. The van der Waals surface area contributed by atoms with E-state index >= 15 is 0 Å². The number of anilines is 1. The van der Waals surface area contributed by atoms with Gasteiger partial charge in [0.2, 0.25) is 0 Å². The Kier molecular flexibility index (Phi) is 5.77. The van der Waals surface area contributed by atoms with Crippen LogP contribution in [-0.2, 0) is 4.74 Å². The molecule has 0 bridgehead atoms. The SMILES string of the molecule is C=C1CCCC(Nc2nc(-n3cc(C(=O)O)cn3)nc3c2ncn3C2O[C@H](CO)[C@@H](O)[C@H]2O)C1. The molecule has 5 rings (SSSR count). The zero-order valence-corrected chi connectivity index (χ0v) is 18.2. The van der Waals surface area contributed by atoms with Gasteiger partial charge in [0.1, 0.15) is 18.3 Å². The number of hydrogen-bond donors (Lipinski definition) is 5. The Morgan fingerprint density at radius 1 is 1.29 bits per heavy atom. The minimum absolute atomic E-state index is 0.0289. The van der Waals surface area contributed by atoms with E-state index in [1.165, 1.54) is 28.0 Å². The topological polar surface area (TPSA) is 181 Å². The summed E-state index contributed by atoms with van der Waals surface area (Å²) in [5.41, 5.74) is 1.80. The number of carbonyl (C=O) groups is 1. The summed E-state index contributed by atoms with van der Waals surface area (Å²) in [7, 11) is 0. The molecule has 3 aromatic heterocycles. The van der Waals surface area contributed by atoms with Gasteiger partial charge < -0.3 is 30.5 Å². The summed E-state index contributed by atoms with van der Waals surface area (Å²) in [4.78, 5) is 24.8. The van der Waals surface area contributed by atoms with Crippen LogP contribution in [0.1, 0.15) is 42.3 Å². The van der Waals surface area contributed by atoms with E-state index in [9.17, 15) is 25.2 Å². The average molecular weight is 471 g/mol. The highest BCUT2D eigenvalue weighted by molar-refractivity contribution is 5.87. The first-order valence-electron chi connectivity index (χ1n) is 10.9. The molecule has 0 radical (unpaired) electrons. The number of imidazole rings is 1. The molecule has 2 fully saturated rings. The molecule has 4 heterocycles. The van der Waals surface area contributed by atoms with Crippen LogP contribution in [0.5, 0.6) is 0 Å². The van der Waals surface area contributed by atoms with Crippen LogP contribution in [0.25, 0.3) is 17.1 Å². The maximum absolute atomic E-state index is 11.3. The molecule has 1 aliphatic heterocycles. The fraction of sp³-hybridized carbons (Fsp3) is 0.476. The van der Waals surface area contributed by atoms with Crippen LogP contribution < -0.4 is 5.32 Å². The Balaban J connectivity index is 1.59. The molecule has 0 spiro atoms. The molecular formula is C21H25N7O6. The number of carboxylic acid groups (broad SMARTS) is 1. The highest BCUT2D eigenvalue weighted by atomic mass is 16.6. The molecular weight excluding hydrogens is 446 g/mol. The van der Waals surface area contributed by atoms with Gasteiger partial charge in [-0.1, -0.05) is 12.2 Å². The van der Waals surface area contributed by atoms with Crippen molar-refractivity contribution in [3.05, 3.63) is 36.4 Å². The van der Waals surface area contributed by atoms with Gasteiger partial charge in [0.15, 0.2) is 23.2 Å². The molecule has 1 saturated heterocycles. The van der Waals surface area contributed by atoms with E-state index in [1.54, 1.807) is 0 Å². The summed E-state index contributed by atoms with van der Waals surface area (Å²) in [5.74, 6) is -0.633. The van der Waals surface area contributed by atoms with Crippen LogP contribution in [0.3, 0.4) is 0 Å². The normalized spacial score (nSPS) is 27.4. The summed E-state index contributed by atoms with van der Waals surface area (Å²) < 4.78 is 8.35. The van der Waals surface area contributed by atoms with Gasteiger partial charge in [0.05, 0.1) is 24.7 Å². The summed E-state index contributed by atoms with van der Waals surface area (Å²) in [5, 5.41) is 46.9. The number of aromatic carboxylic acids is 1. The number of rotatable bonds is 6. The highest BCUT2D eigenvalue weighted by Gasteiger charge is 2.44. The fourth-order valence-corrected chi connectivity index (χ4v) is 4.41. The zero-order chi connectivity index (χ0) is 24.0. The molecule has 34 heavy (non-hydrogen) atoms. The first-order chi connectivity index (χ1) is 16.4. The third-order valence-corrected chi connectivity index (χ3v) is 6.19. The predicted octanol–water partition coefficient (Wildman–Crippen LogP) is 0.232. The van der Waals surface area contributed by atoms with Gasteiger partial charge >= 0.3 is 5.97 Å². The van der Waals surface area contributed by atoms with E-state index < -0.39 is 37.1 Å². The van der Waals surface area contributed by atoms with E-state index in [1.807, 2.05) is 0 Å². The first kappa shape index (κ1) is 22.4. The molecule has 180 valence electrons. The predicted molar refractivity (Wildman–Crippen MR) is 117 cm³/mol. The van der Waals surface area contributed by atoms with Crippen LogP contribution in [0, 0.1) is 0 Å². The van der Waals surface area contributed by atoms with Gasteiger partial charge in [-0.3, -0.25) is 4.57 Å². The number of fused-ring (bicyclic) bond motifs is 1. The van der Waals surface area contributed by atoms with Gasteiger partial charge in [-0.15, -0.1) is 0 Å². The minimum atomic E-state index is -1.32. The number of nitrogens with zero attached hydrogens (tertiary/aromatic N) is 6. The van der Waals surface area contributed by atoms with Crippen LogP contribution in [0.4, 0.5) is 5.82 Å². The average Bonchev–Trinajstić information content (AvgIpc) is 3.52. The third-order valence-electron chi connectivity index (χ3n) is 6.19. The molecule has 13 heteroatoms. The molecule has 0 aromatic carbocycles. The monoisotopic (exact) mass is 471 g/mol. The van der Waals surface area contributed by atoms with Crippen molar-refractivity contribution < 1.29 is 30.0 Å². The number of aliphatic hydroxyl groups excluding tert-OH is 3. The lowest BCUT2D eigenvalue weighted by molar-refractivity contribution is -0.0511. The van der Waals surface area contributed by atoms with Gasteiger partial charge in [0, 0.05) is 12.2 Å². The largest absolute Gasteiger partial charge is 0.478 e. The van der Waals surface area contributed by atoms with Crippen LogP contribution in [-0.4, -0.2) is 86.7 Å². The van der Waals surface area contributed by atoms with Gasteiger partial charge in [-0.05, 0) is 25.7 Å². The van der Waals surface area contributed by atoms with Crippen molar-refractivity contribution in [2.45, 2.75) is 56.3 Å². The number of aromatic nitrogens is 6. The zero-order valence-electron chi connectivity index (χ0n) is 18.2. The second kappa shape index (κ2) is 8.76. The lowest BCUT2D eigenvalue weighted by atomic mass is 9.92. The van der Waals surface area contributed by atoms with Gasteiger partial charge in [-0.2, -0.15) is 15.1 Å². The highest BCUT2D eigenvalue weighted by Crippen LogP contribution is 2.33. The molecule has 1 saturated carbocycles. The number of ether oxygens (including phenoxy) is 1. The number of hydrogen-bond acceptors (Lipinski definition) is 10. The van der Waals surface area contributed by atoms with Crippen LogP contribution in [0.15, 0.2) is 30.9 Å². The van der Waals surface area contributed by atoms with Crippen LogP contribution >= 0.6 is 0 Å². The summed E-state index contributed by atoms with van der Waals surface area (Å²) in [6.45, 7) is 3.62. The Hall–Kier alpha value is -3.39. The van der Waals surface area contributed by atoms with Gasteiger partial charge in [0.25, 0.3) is 5.95 Å². The molecule has 5 atom stereocenters. The van der Waals surface area contributed by atoms with E-state index in [0.717, 1.165) is 31.3 Å². The van der Waals surface area contributed by atoms with Crippen molar-refractivity contribution in [2.75, 3.05) is 11.9 Å². The second-order valence-corrected chi connectivity index (χ2v) is 8.59. The second-order valence-electron chi connectivity index (χ2n) is 8.59. The molecule has 2 aliphatic rings. The summed E-state index contributed by atoms with van der Waals surface area (Å²) in [6.07, 6.45) is 2.95. The van der Waals surface area contributed by atoms with E-state index in [-0.39, 0.29) is 23.2 Å². The molecule has 1 aliphatic carbocycles. The van der Waals surface area contributed by atoms with Crippen molar-refractivity contribution in [3.63, 3.8) is 0 Å². The van der Waals surface area contributed by atoms with Crippen LogP contribution in [0.2, 0.25) is 0 Å². The maximum Gasteiger partial charge on any atom is 0.338 e. The quantitative estimate of drug-likeness (QED) is 0.311. The molecule has 3 aromatic rings. The van der Waals surface area contributed by atoms with E-state index in [2.05, 4.69) is 31.9 Å². The minimum Gasteiger partial charge on any atom is -0.478 e. The number of carboxylic acids is 1. The fourth-order valence-electron chi connectivity index (χ4n) is 4.41. The van der Waals surface area contributed by atoms with Crippen molar-refractivity contribution in [2.24, 2.45) is 0 Å². The molecule has 2 unspecified atom stereocenters. The Morgan fingerprint density at radius 3 is 2.79 bits per heavy atom. The van der Waals surface area contributed by atoms with Crippen molar-refractivity contribution in [1.82, 2.24) is 29.3 Å². The lowest BCUT2D eigenvalue weighted by Gasteiger charge is -2.25. The van der Waals surface area contributed by atoms with E-state index in [0.29, 0.717) is 11.3 Å². The Morgan fingerprint density at radius 2 is 2.12 bits per heavy atom. The van der Waals surface area contributed by atoms with Crippen molar-refractivity contribution in [1.29, 1.82) is 0 Å². The summed E-state index contributed by atoms with van der Waals surface area (Å²) in [6, 6.07) is 0.0819. The smallest absolute Gasteiger partial charge is 0.338 e. The molecule has 5 N–H and O–H groups in total. The standard InChI is InChI=1S/C21H25N7O6/c1-10-3-2-4-12(5-10)24-17-14-18(26-21(25-17)28-7-11(6-23-28)20(32)33)27(9-22-14)19-16(31)15(30)13(8-29)34-19/h6-7,9,12-13,15-16,19,29-31H,1-5,8H2,(H,32,33)(H,24,25,26)/t12?,13-,15-,16-,19?/m1/s1. The Labute approximate surface area is 193 Å². The summed E-state index contributed by atoms with van der Waals surface area (Å²) >= 11 is 0. The molecule has 13 nitrogen and oxygen atoms in total.